The third kappa shape index (κ3) is 1.13. The number of aromatic nitrogens is 1. The van der Waals surface area contributed by atoms with Crippen molar-refractivity contribution in [2.75, 3.05) is 0 Å². The van der Waals surface area contributed by atoms with Crippen molar-refractivity contribution in [3.63, 3.8) is 0 Å². The zero-order chi connectivity index (χ0) is 8.55. The van der Waals surface area contributed by atoms with Crippen LogP contribution in [0.15, 0.2) is 18.3 Å². The van der Waals surface area contributed by atoms with Gasteiger partial charge in [0.25, 0.3) is 0 Å². The van der Waals surface area contributed by atoms with Crippen molar-refractivity contribution in [1.82, 2.24) is 4.98 Å². The van der Waals surface area contributed by atoms with Gasteiger partial charge in [-0.2, -0.15) is 0 Å². The van der Waals surface area contributed by atoms with E-state index in [1.54, 1.807) is 0 Å². The molecule has 0 fully saturated rings. The first kappa shape index (κ1) is 7.78. The smallest absolute Gasteiger partial charge is 0.0438 e. The van der Waals surface area contributed by atoms with Gasteiger partial charge in [0.1, 0.15) is 0 Å². The molecule has 64 valence electrons. The second-order valence-electron chi connectivity index (χ2n) is 3.84. The van der Waals surface area contributed by atoms with Gasteiger partial charge in [-0.3, -0.25) is 4.98 Å². The standard InChI is InChI=1S/C11H15N/c1-8-5-6-11-10(9(8)2)4-3-7-12-11/h3-4,7-9H,5-6H2,1-2H3/t8-,9-/m0/s1. The Kier molecular flexibility index (Phi) is 1.87. The number of nitrogens with zero attached hydrogens (tertiary/aromatic N) is 1. The normalized spacial score (nSPS) is 28.2. The Bertz CT molecular complexity index is 280. The molecule has 0 unspecified atom stereocenters. The maximum absolute atomic E-state index is 4.40. The van der Waals surface area contributed by atoms with E-state index >= 15 is 0 Å². The summed E-state index contributed by atoms with van der Waals surface area (Å²) < 4.78 is 0. The lowest BCUT2D eigenvalue weighted by Crippen LogP contribution is -2.16. The van der Waals surface area contributed by atoms with Crippen molar-refractivity contribution < 1.29 is 0 Å². The number of aryl methyl sites for hydroxylation is 1. The summed E-state index contributed by atoms with van der Waals surface area (Å²) in [6, 6.07) is 4.27. The molecule has 1 aliphatic carbocycles. The predicted octanol–water partition coefficient (Wildman–Crippen LogP) is 2.77. The highest BCUT2D eigenvalue weighted by atomic mass is 14.7. The van der Waals surface area contributed by atoms with Gasteiger partial charge in [0.15, 0.2) is 0 Å². The molecule has 2 atom stereocenters. The maximum atomic E-state index is 4.40. The molecule has 1 aromatic rings. The van der Waals surface area contributed by atoms with Crippen LogP contribution >= 0.6 is 0 Å². The number of rotatable bonds is 0. The van der Waals surface area contributed by atoms with Gasteiger partial charge in [0.05, 0.1) is 0 Å². The summed E-state index contributed by atoms with van der Waals surface area (Å²) >= 11 is 0. The third-order valence-electron chi connectivity index (χ3n) is 3.11. The Labute approximate surface area is 73.8 Å². The molecule has 1 aromatic heterocycles. The lowest BCUT2D eigenvalue weighted by atomic mass is 9.79. The fourth-order valence-corrected chi connectivity index (χ4v) is 1.99. The van der Waals surface area contributed by atoms with Gasteiger partial charge in [-0.15, -0.1) is 0 Å². The monoisotopic (exact) mass is 161 g/mol. The van der Waals surface area contributed by atoms with Crippen LogP contribution < -0.4 is 0 Å². The van der Waals surface area contributed by atoms with E-state index in [4.69, 9.17) is 0 Å². The summed E-state index contributed by atoms with van der Waals surface area (Å²) in [6.45, 7) is 4.64. The first-order valence-electron chi connectivity index (χ1n) is 4.73. The van der Waals surface area contributed by atoms with Crippen LogP contribution in [0.4, 0.5) is 0 Å². The van der Waals surface area contributed by atoms with Crippen molar-refractivity contribution >= 4 is 0 Å². The zero-order valence-corrected chi connectivity index (χ0v) is 7.75. The maximum Gasteiger partial charge on any atom is 0.0438 e. The fraction of sp³-hybridized carbons (Fsp3) is 0.545. The van der Waals surface area contributed by atoms with Crippen molar-refractivity contribution in [3.05, 3.63) is 29.6 Å². The average Bonchev–Trinajstić information content (AvgIpc) is 2.12. The highest BCUT2D eigenvalue weighted by Gasteiger charge is 2.22. The molecule has 0 aliphatic heterocycles. The molecule has 1 heteroatoms. The van der Waals surface area contributed by atoms with Crippen LogP contribution in [0.1, 0.15) is 37.4 Å². The molecule has 12 heavy (non-hydrogen) atoms. The molecule has 0 N–H and O–H groups in total. The first-order chi connectivity index (χ1) is 5.79. The zero-order valence-electron chi connectivity index (χ0n) is 7.75. The molecule has 1 nitrogen and oxygen atoms in total. The summed E-state index contributed by atoms with van der Waals surface area (Å²) in [4.78, 5) is 4.40. The molecule has 0 aromatic carbocycles. The summed E-state index contributed by atoms with van der Waals surface area (Å²) in [5.41, 5.74) is 2.79. The minimum atomic E-state index is 0.697. The molecular formula is C11H15N. The van der Waals surface area contributed by atoms with E-state index in [-0.39, 0.29) is 0 Å². The number of hydrogen-bond acceptors (Lipinski definition) is 1. The SMILES string of the molecule is C[C@@H]1c2cccnc2CC[C@@H]1C. The summed E-state index contributed by atoms with van der Waals surface area (Å²) in [5.74, 6) is 1.52. The van der Waals surface area contributed by atoms with Crippen LogP contribution in [-0.2, 0) is 6.42 Å². The number of hydrogen-bond donors (Lipinski definition) is 0. The van der Waals surface area contributed by atoms with Crippen molar-refractivity contribution in [1.29, 1.82) is 0 Å². The van der Waals surface area contributed by atoms with Crippen LogP contribution in [0.5, 0.6) is 0 Å². The van der Waals surface area contributed by atoms with E-state index in [1.807, 2.05) is 12.3 Å². The topological polar surface area (TPSA) is 12.9 Å². The molecule has 1 heterocycles. The van der Waals surface area contributed by atoms with E-state index in [1.165, 1.54) is 24.1 Å². The molecule has 0 saturated carbocycles. The van der Waals surface area contributed by atoms with E-state index in [9.17, 15) is 0 Å². The molecule has 0 spiro atoms. The molecular weight excluding hydrogens is 146 g/mol. The summed E-state index contributed by atoms with van der Waals surface area (Å²) in [7, 11) is 0. The second-order valence-corrected chi connectivity index (χ2v) is 3.84. The van der Waals surface area contributed by atoms with Crippen LogP contribution in [0.25, 0.3) is 0 Å². The van der Waals surface area contributed by atoms with E-state index < -0.39 is 0 Å². The third-order valence-corrected chi connectivity index (χ3v) is 3.11. The minimum absolute atomic E-state index is 0.697. The highest BCUT2D eigenvalue weighted by Crippen LogP contribution is 2.33. The lowest BCUT2D eigenvalue weighted by Gasteiger charge is -2.27. The van der Waals surface area contributed by atoms with Crippen molar-refractivity contribution in [2.45, 2.75) is 32.6 Å². The largest absolute Gasteiger partial charge is 0.261 e. The van der Waals surface area contributed by atoms with Gasteiger partial charge in [-0.25, -0.2) is 0 Å². The minimum Gasteiger partial charge on any atom is -0.261 e. The van der Waals surface area contributed by atoms with Crippen molar-refractivity contribution in [3.8, 4) is 0 Å². The molecule has 0 saturated heterocycles. The van der Waals surface area contributed by atoms with Crippen LogP contribution in [0.3, 0.4) is 0 Å². The molecule has 2 rings (SSSR count). The highest BCUT2D eigenvalue weighted by molar-refractivity contribution is 5.26. The van der Waals surface area contributed by atoms with Gasteiger partial charge in [0.2, 0.25) is 0 Å². The summed E-state index contributed by atoms with van der Waals surface area (Å²) in [6.07, 6.45) is 4.37. The molecule has 1 aliphatic rings. The van der Waals surface area contributed by atoms with E-state index in [0.29, 0.717) is 5.92 Å². The lowest BCUT2D eigenvalue weighted by molar-refractivity contribution is 0.420. The Morgan fingerprint density at radius 3 is 3.08 bits per heavy atom. The Morgan fingerprint density at radius 1 is 1.42 bits per heavy atom. The van der Waals surface area contributed by atoms with E-state index in [2.05, 4.69) is 24.9 Å². The Morgan fingerprint density at radius 2 is 2.25 bits per heavy atom. The van der Waals surface area contributed by atoms with E-state index in [0.717, 1.165) is 5.92 Å². The summed E-state index contributed by atoms with van der Waals surface area (Å²) in [5, 5.41) is 0. The quantitative estimate of drug-likeness (QED) is 0.570. The van der Waals surface area contributed by atoms with Gasteiger partial charge < -0.3 is 0 Å². The first-order valence-corrected chi connectivity index (χ1v) is 4.73. The average molecular weight is 161 g/mol. The number of fused-ring (bicyclic) bond motifs is 1. The van der Waals surface area contributed by atoms with Gasteiger partial charge in [-0.1, -0.05) is 19.9 Å². The Hall–Kier alpha value is -0.850. The second kappa shape index (κ2) is 2.89. The van der Waals surface area contributed by atoms with Crippen LogP contribution in [-0.4, -0.2) is 4.98 Å². The van der Waals surface area contributed by atoms with Crippen LogP contribution in [0.2, 0.25) is 0 Å². The molecule has 0 radical (unpaired) electrons. The molecule has 0 bridgehead atoms. The van der Waals surface area contributed by atoms with Gasteiger partial charge >= 0.3 is 0 Å². The molecule has 0 amide bonds. The number of pyridine rings is 1. The van der Waals surface area contributed by atoms with Crippen LogP contribution in [0, 0.1) is 5.92 Å². The Balaban J connectivity index is 2.42. The fourth-order valence-electron chi connectivity index (χ4n) is 1.99. The van der Waals surface area contributed by atoms with Gasteiger partial charge in [0, 0.05) is 11.9 Å². The van der Waals surface area contributed by atoms with Crippen molar-refractivity contribution in [2.24, 2.45) is 5.92 Å². The van der Waals surface area contributed by atoms with Gasteiger partial charge in [-0.05, 0) is 36.3 Å². The predicted molar refractivity (Wildman–Crippen MR) is 50.1 cm³/mol.